The maximum absolute atomic E-state index is 13.4. The van der Waals surface area contributed by atoms with Crippen molar-refractivity contribution >= 4 is 11.9 Å². The number of carbonyl (C=O) groups excluding carboxylic acids is 1. The fourth-order valence-electron chi connectivity index (χ4n) is 5.07. The third kappa shape index (κ3) is 4.17. The molecule has 1 amide bonds. The zero-order valence-electron chi connectivity index (χ0n) is 19.3. The number of rotatable bonds is 6. The molecule has 2 aromatic heterocycles. The van der Waals surface area contributed by atoms with E-state index in [4.69, 9.17) is 9.72 Å². The lowest BCUT2D eigenvalue weighted by molar-refractivity contribution is -0.131. The molecule has 3 aromatic rings. The molecule has 5 rings (SSSR count). The number of hydrogen-bond donors (Lipinski definition) is 0. The van der Waals surface area contributed by atoms with Crippen molar-refractivity contribution in [1.82, 2.24) is 24.6 Å². The Bertz CT molecular complexity index is 1140. The van der Waals surface area contributed by atoms with E-state index in [1.807, 2.05) is 59.4 Å². The first-order valence-corrected chi connectivity index (χ1v) is 11.7. The molecular weight excluding hydrogens is 416 g/mol. The van der Waals surface area contributed by atoms with Crippen molar-refractivity contribution in [2.75, 3.05) is 31.6 Å². The van der Waals surface area contributed by atoms with Crippen LogP contribution in [-0.2, 0) is 18.3 Å². The molecule has 8 nitrogen and oxygen atoms in total. The number of hydrogen-bond acceptors (Lipinski definition) is 6. The van der Waals surface area contributed by atoms with Crippen molar-refractivity contribution < 1.29 is 9.53 Å². The lowest BCUT2D eigenvalue weighted by Gasteiger charge is -2.26. The molecule has 0 spiro atoms. The number of nitrogens with zero attached hydrogens (tertiary/aromatic N) is 6. The molecule has 0 N–H and O–H groups in total. The minimum absolute atomic E-state index is 0.0279. The van der Waals surface area contributed by atoms with Crippen molar-refractivity contribution in [3.63, 3.8) is 0 Å². The van der Waals surface area contributed by atoms with Gasteiger partial charge in [-0.15, -0.1) is 0 Å². The molecule has 1 unspecified atom stereocenters. The van der Waals surface area contributed by atoms with Gasteiger partial charge in [0.25, 0.3) is 0 Å². The van der Waals surface area contributed by atoms with Crippen molar-refractivity contribution in [3.8, 4) is 17.0 Å². The summed E-state index contributed by atoms with van der Waals surface area (Å²) in [5.74, 6) is 1.63. The van der Waals surface area contributed by atoms with Gasteiger partial charge in [-0.25, -0.2) is 9.97 Å². The molecule has 172 valence electrons. The summed E-state index contributed by atoms with van der Waals surface area (Å²) in [4.78, 5) is 27.0. The van der Waals surface area contributed by atoms with Gasteiger partial charge in [-0.1, -0.05) is 18.2 Å². The predicted molar refractivity (Wildman–Crippen MR) is 126 cm³/mol. The highest BCUT2D eigenvalue weighted by molar-refractivity contribution is 5.80. The van der Waals surface area contributed by atoms with Crippen LogP contribution in [0.15, 0.2) is 42.7 Å². The Kier molecular flexibility index (Phi) is 5.98. The van der Waals surface area contributed by atoms with Crippen LogP contribution >= 0.6 is 0 Å². The van der Waals surface area contributed by atoms with E-state index in [0.29, 0.717) is 6.42 Å². The first kappa shape index (κ1) is 21.4. The average molecular weight is 447 g/mol. The summed E-state index contributed by atoms with van der Waals surface area (Å²) in [6.45, 7) is 2.74. The maximum Gasteiger partial charge on any atom is 0.227 e. The lowest BCUT2D eigenvalue weighted by atomic mass is 10.0. The topological polar surface area (TPSA) is 76.4 Å². The maximum atomic E-state index is 13.4. The fraction of sp³-hybridized carbons (Fsp3) is 0.440. The first-order valence-electron chi connectivity index (χ1n) is 11.7. The largest absolute Gasteiger partial charge is 0.496 e. The van der Waals surface area contributed by atoms with E-state index < -0.39 is 0 Å². The van der Waals surface area contributed by atoms with Crippen molar-refractivity contribution in [2.45, 2.75) is 38.1 Å². The number of ether oxygens (including phenoxy) is 1. The zero-order valence-corrected chi connectivity index (χ0v) is 19.3. The molecule has 2 aliphatic heterocycles. The number of benzene rings is 1. The van der Waals surface area contributed by atoms with Crippen molar-refractivity contribution in [2.24, 2.45) is 7.05 Å². The Morgan fingerprint density at radius 1 is 1.12 bits per heavy atom. The molecule has 0 saturated carbocycles. The lowest BCUT2D eigenvalue weighted by Crippen LogP contribution is -2.33. The molecule has 0 radical (unpaired) electrons. The van der Waals surface area contributed by atoms with E-state index in [0.717, 1.165) is 66.7 Å². The Labute approximate surface area is 194 Å². The van der Waals surface area contributed by atoms with Gasteiger partial charge >= 0.3 is 0 Å². The van der Waals surface area contributed by atoms with Crippen molar-refractivity contribution in [1.29, 1.82) is 0 Å². The van der Waals surface area contributed by atoms with Gasteiger partial charge in [-0.05, 0) is 37.8 Å². The summed E-state index contributed by atoms with van der Waals surface area (Å²) < 4.78 is 7.35. The summed E-state index contributed by atoms with van der Waals surface area (Å²) in [6.07, 6.45) is 8.25. The first-order chi connectivity index (χ1) is 16.2. The van der Waals surface area contributed by atoms with Gasteiger partial charge in [0.2, 0.25) is 11.9 Å². The van der Waals surface area contributed by atoms with Gasteiger partial charge in [0.05, 0.1) is 37.2 Å². The molecule has 1 atom stereocenters. The van der Waals surface area contributed by atoms with E-state index in [1.54, 1.807) is 7.11 Å². The predicted octanol–water partition coefficient (Wildman–Crippen LogP) is 3.39. The SMILES string of the molecule is COc1ccccc1CC(=O)N1CCCC1c1c(-c2ccnc(N3CCCC3)n2)cnn1C. The van der Waals surface area contributed by atoms with Crippen LogP contribution in [0.5, 0.6) is 5.75 Å². The Balaban J connectivity index is 1.43. The van der Waals surface area contributed by atoms with E-state index in [9.17, 15) is 4.79 Å². The molecule has 33 heavy (non-hydrogen) atoms. The van der Waals surface area contributed by atoms with Crippen LogP contribution in [0, 0.1) is 0 Å². The van der Waals surface area contributed by atoms with Gasteiger partial charge < -0.3 is 14.5 Å². The van der Waals surface area contributed by atoms with Crippen LogP contribution in [0.3, 0.4) is 0 Å². The van der Waals surface area contributed by atoms with Gasteiger partial charge in [-0.2, -0.15) is 5.10 Å². The second-order valence-corrected chi connectivity index (χ2v) is 8.74. The number of anilines is 1. The average Bonchev–Trinajstić information content (AvgIpc) is 3.60. The number of aromatic nitrogens is 4. The Morgan fingerprint density at radius 3 is 2.76 bits per heavy atom. The van der Waals surface area contributed by atoms with Gasteiger partial charge in [-0.3, -0.25) is 9.48 Å². The number of amides is 1. The molecule has 2 fully saturated rings. The molecule has 0 aliphatic carbocycles. The highest BCUT2D eigenvalue weighted by Crippen LogP contribution is 2.38. The molecule has 4 heterocycles. The molecule has 1 aromatic carbocycles. The highest BCUT2D eigenvalue weighted by atomic mass is 16.5. The van der Waals surface area contributed by atoms with Crippen LogP contribution in [0.25, 0.3) is 11.3 Å². The van der Waals surface area contributed by atoms with Crippen LogP contribution in [0.2, 0.25) is 0 Å². The zero-order chi connectivity index (χ0) is 22.8. The number of aryl methyl sites for hydroxylation is 1. The van der Waals surface area contributed by atoms with Crippen LogP contribution < -0.4 is 9.64 Å². The number of carbonyl (C=O) groups is 1. The second-order valence-electron chi connectivity index (χ2n) is 8.74. The number of likely N-dealkylation sites (tertiary alicyclic amines) is 1. The smallest absolute Gasteiger partial charge is 0.227 e. The van der Waals surface area contributed by atoms with Crippen molar-refractivity contribution in [3.05, 3.63) is 54.0 Å². The summed E-state index contributed by atoms with van der Waals surface area (Å²) >= 11 is 0. The minimum atomic E-state index is -0.0279. The van der Waals surface area contributed by atoms with Gasteiger partial charge in [0.15, 0.2) is 0 Å². The Morgan fingerprint density at radius 2 is 1.94 bits per heavy atom. The summed E-state index contributed by atoms with van der Waals surface area (Å²) in [7, 11) is 3.59. The van der Waals surface area contributed by atoms with E-state index in [2.05, 4.69) is 15.0 Å². The molecule has 8 heteroatoms. The highest BCUT2D eigenvalue weighted by Gasteiger charge is 2.34. The third-order valence-electron chi connectivity index (χ3n) is 6.72. The fourth-order valence-corrected chi connectivity index (χ4v) is 5.07. The molecule has 0 bridgehead atoms. The van der Waals surface area contributed by atoms with Gasteiger partial charge in [0.1, 0.15) is 5.75 Å². The number of methoxy groups -OCH3 is 1. The van der Waals surface area contributed by atoms with Crippen LogP contribution in [0.1, 0.15) is 43.0 Å². The summed E-state index contributed by atoms with van der Waals surface area (Å²) in [5.41, 5.74) is 3.78. The minimum Gasteiger partial charge on any atom is -0.496 e. The molecule has 2 aliphatic rings. The molecular formula is C25H30N6O2. The second kappa shape index (κ2) is 9.21. The van der Waals surface area contributed by atoms with Crippen LogP contribution in [0.4, 0.5) is 5.95 Å². The van der Waals surface area contributed by atoms with E-state index in [1.165, 1.54) is 12.8 Å². The molecule has 2 saturated heterocycles. The number of para-hydroxylation sites is 1. The summed E-state index contributed by atoms with van der Waals surface area (Å²) in [5, 5.41) is 4.55. The third-order valence-corrected chi connectivity index (χ3v) is 6.72. The van der Waals surface area contributed by atoms with E-state index in [-0.39, 0.29) is 11.9 Å². The Hall–Kier alpha value is -3.42. The monoisotopic (exact) mass is 446 g/mol. The van der Waals surface area contributed by atoms with Crippen LogP contribution in [-0.4, -0.2) is 57.3 Å². The van der Waals surface area contributed by atoms with E-state index >= 15 is 0 Å². The quantitative estimate of drug-likeness (QED) is 0.578. The standard InChI is InChI=1S/C25H30N6O2/c1-29-24(19(17-27-29)20-11-12-26-25(28-20)30-13-5-6-14-30)21-9-7-15-31(21)23(32)16-18-8-3-4-10-22(18)33-2/h3-4,8,10-12,17,21H,5-7,9,13-16H2,1-2H3. The normalized spacial score (nSPS) is 18.2. The van der Waals surface area contributed by atoms with Gasteiger partial charge in [0, 0.05) is 44.0 Å². The summed E-state index contributed by atoms with van der Waals surface area (Å²) in [6, 6.07) is 9.63.